The fourth-order valence-electron chi connectivity index (χ4n) is 3.22. The van der Waals surface area contributed by atoms with Crippen LogP contribution in [0, 0.1) is 12.8 Å². The summed E-state index contributed by atoms with van der Waals surface area (Å²) in [5.41, 5.74) is 1.64. The van der Waals surface area contributed by atoms with Gasteiger partial charge in [-0.1, -0.05) is 0 Å². The van der Waals surface area contributed by atoms with Crippen molar-refractivity contribution in [1.82, 2.24) is 20.4 Å². The standard InChI is InChI=1S/C17H21F3N4O/c1-11-13(16(25)22-10-17(18,19)20)2-3-15-14(11)9-24(23-15)8-12-4-6-21-7-5-12/h2-3,9,12,21H,4-8,10H2,1H3,(H,22,25). The molecule has 2 N–H and O–H groups in total. The number of aryl methyl sites for hydroxylation is 1. The van der Waals surface area contributed by atoms with Crippen molar-refractivity contribution in [3.63, 3.8) is 0 Å². The summed E-state index contributed by atoms with van der Waals surface area (Å²) in [5, 5.41) is 10.6. The zero-order chi connectivity index (χ0) is 18.0. The number of carbonyl (C=O) groups excluding carboxylic acids is 1. The maximum atomic E-state index is 12.3. The SMILES string of the molecule is Cc1c(C(=O)NCC(F)(F)F)ccc2nn(CC3CCNCC3)cc12. The first-order valence-corrected chi connectivity index (χ1v) is 8.36. The van der Waals surface area contributed by atoms with Crippen molar-refractivity contribution in [2.75, 3.05) is 19.6 Å². The van der Waals surface area contributed by atoms with Gasteiger partial charge >= 0.3 is 6.18 Å². The summed E-state index contributed by atoms with van der Waals surface area (Å²) in [7, 11) is 0. The van der Waals surface area contributed by atoms with Gasteiger partial charge in [0.15, 0.2) is 0 Å². The molecule has 1 fully saturated rings. The molecule has 1 aromatic heterocycles. The van der Waals surface area contributed by atoms with Gasteiger partial charge in [0.25, 0.3) is 5.91 Å². The monoisotopic (exact) mass is 354 g/mol. The molecule has 136 valence electrons. The molecule has 0 unspecified atom stereocenters. The fourth-order valence-corrected chi connectivity index (χ4v) is 3.22. The fraction of sp³-hybridized carbons (Fsp3) is 0.529. The topological polar surface area (TPSA) is 59.0 Å². The number of amides is 1. The summed E-state index contributed by atoms with van der Waals surface area (Å²) in [6.45, 7) is 3.23. The normalized spacial score (nSPS) is 16.3. The van der Waals surface area contributed by atoms with E-state index in [1.54, 1.807) is 13.0 Å². The lowest BCUT2D eigenvalue weighted by Crippen LogP contribution is -2.34. The summed E-state index contributed by atoms with van der Waals surface area (Å²) in [6, 6.07) is 3.22. The Hall–Kier alpha value is -2.09. The Morgan fingerprint density at radius 1 is 1.36 bits per heavy atom. The molecule has 3 rings (SSSR count). The van der Waals surface area contributed by atoms with E-state index in [-0.39, 0.29) is 5.56 Å². The summed E-state index contributed by atoms with van der Waals surface area (Å²) in [6.07, 6.45) is -0.346. The lowest BCUT2D eigenvalue weighted by atomic mass is 9.98. The maximum Gasteiger partial charge on any atom is 0.405 e. The highest BCUT2D eigenvalue weighted by Gasteiger charge is 2.28. The quantitative estimate of drug-likeness (QED) is 0.887. The van der Waals surface area contributed by atoms with Crippen molar-refractivity contribution in [3.05, 3.63) is 29.5 Å². The van der Waals surface area contributed by atoms with Gasteiger partial charge in [0, 0.05) is 23.7 Å². The highest BCUT2D eigenvalue weighted by Crippen LogP contribution is 2.23. The van der Waals surface area contributed by atoms with Crippen molar-refractivity contribution >= 4 is 16.8 Å². The van der Waals surface area contributed by atoms with E-state index in [9.17, 15) is 18.0 Å². The molecule has 0 atom stereocenters. The minimum Gasteiger partial charge on any atom is -0.343 e. The average Bonchev–Trinajstić information content (AvgIpc) is 2.97. The Labute approximate surface area is 143 Å². The van der Waals surface area contributed by atoms with Gasteiger partial charge in [-0.25, -0.2) is 0 Å². The van der Waals surface area contributed by atoms with Crippen LogP contribution in [-0.2, 0) is 6.54 Å². The van der Waals surface area contributed by atoms with Crippen LogP contribution in [0.1, 0.15) is 28.8 Å². The second-order valence-electron chi connectivity index (χ2n) is 6.51. The molecule has 0 saturated carbocycles. The number of hydrogen-bond donors (Lipinski definition) is 2. The van der Waals surface area contributed by atoms with Crippen LogP contribution in [0.2, 0.25) is 0 Å². The molecule has 0 bridgehead atoms. The highest BCUT2D eigenvalue weighted by molar-refractivity contribution is 6.00. The predicted molar refractivity (Wildman–Crippen MR) is 88.5 cm³/mol. The van der Waals surface area contributed by atoms with Crippen LogP contribution in [0.25, 0.3) is 10.9 Å². The van der Waals surface area contributed by atoms with Gasteiger partial charge in [-0.3, -0.25) is 9.48 Å². The van der Waals surface area contributed by atoms with Crippen LogP contribution in [0.15, 0.2) is 18.3 Å². The van der Waals surface area contributed by atoms with Crippen molar-refractivity contribution in [2.24, 2.45) is 5.92 Å². The first-order valence-electron chi connectivity index (χ1n) is 8.36. The van der Waals surface area contributed by atoms with E-state index < -0.39 is 18.6 Å². The number of benzene rings is 1. The number of piperidine rings is 1. The molecule has 1 aromatic carbocycles. The summed E-state index contributed by atoms with van der Waals surface area (Å²) in [4.78, 5) is 12.0. The molecule has 0 radical (unpaired) electrons. The number of nitrogens with zero attached hydrogens (tertiary/aromatic N) is 2. The smallest absolute Gasteiger partial charge is 0.343 e. The molecule has 0 aliphatic carbocycles. The van der Waals surface area contributed by atoms with Crippen LogP contribution in [0.5, 0.6) is 0 Å². The van der Waals surface area contributed by atoms with E-state index in [0.717, 1.165) is 43.4 Å². The third-order valence-corrected chi connectivity index (χ3v) is 4.60. The molecule has 1 aliphatic rings. The van der Waals surface area contributed by atoms with Crippen molar-refractivity contribution < 1.29 is 18.0 Å². The Morgan fingerprint density at radius 3 is 2.76 bits per heavy atom. The van der Waals surface area contributed by atoms with E-state index in [4.69, 9.17) is 0 Å². The molecule has 2 heterocycles. The van der Waals surface area contributed by atoms with Crippen molar-refractivity contribution in [1.29, 1.82) is 0 Å². The first kappa shape index (κ1) is 17.7. The van der Waals surface area contributed by atoms with Gasteiger partial charge in [-0.2, -0.15) is 18.3 Å². The molecule has 1 amide bonds. The van der Waals surface area contributed by atoms with Crippen LogP contribution in [0.3, 0.4) is 0 Å². The highest BCUT2D eigenvalue weighted by atomic mass is 19.4. The number of nitrogens with one attached hydrogen (secondary N) is 2. The Balaban J connectivity index is 1.78. The second-order valence-corrected chi connectivity index (χ2v) is 6.51. The summed E-state index contributed by atoms with van der Waals surface area (Å²) in [5.74, 6) is -0.159. The molecule has 25 heavy (non-hydrogen) atoms. The maximum absolute atomic E-state index is 12.3. The molecular formula is C17H21F3N4O. The van der Waals surface area contributed by atoms with Crippen molar-refractivity contribution in [3.8, 4) is 0 Å². The van der Waals surface area contributed by atoms with E-state index >= 15 is 0 Å². The molecule has 5 nitrogen and oxygen atoms in total. The minimum atomic E-state index is -4.42. The number of fused-ring (bicyclic) bond motifs is 1. The summed E-state index contributed by atoms with van der Waals surface area (Å²) < 4.78 is 38.7. The zero-order valence-electron chi connectivity index (χ0n) is 14.0. The Kier molecular flexibility index (Phi) is 4.99. The number of carbonyl (C=O) groups is 1. The van der Waals surface area contributed by atoms with Crippen LogP contribution >= 0.6 is 0 Å². The second kappa shape index (κ2) is 7.03. The molecule has 0 spiro atoms. The molecule has 1 aliphatic heterocycles. The Morgan fingerprint density at radius 2 is 2.08 bits per heavy atom. The number of aromatic nitrogens is 2. The van der Waals surface area contributed by atoms with Crippen molar-refractivity contribution in [2.45, 2.75) is 32.5 Å². The molecular weight excluding hydrogens is 333 g/mol. The minimum absolute atomic E-state index is 0.248. The number of rotatable bonds is 4. The van der Waals surface area contributed by atoms with Crippen LogP contribution < -0.4 is 10.6 Å². The lowest BCUT2D eigenvalue weighted by Gasteiger charge is -2.22. The van der Waals surface area contributed by atoms with Gasteiger partial charge in [-0.15, -0.1) is 0 Å². The average molecular weight is 354 g/mol. The molecule has 1 saturated heterocycles. The third-order valence-electron chi connectivity index (χ3n) is 4.60. The van der Waals surface area contributed by atoms with Gasteiger partial charge in [-0.05, 0) is 56.5 Å². The predicted octanol–water partition coefficient (Wildman–Crippen LogP) is 2.64. The zero-order valence-corrected chi connectivity index (χ0v) is 14.0. The first-order chi connectivity index (χ1) is 11.8. The number of halogens is 3. The number of hydrogen-bond acceptors (Lipinski definition) is 3. The van der Waals surface area contributed by atoms with Gasteiger partial charge < -0.3 is 10.6 Å². The van der Waals surface area contributed by atoms with Gasteiger partial charge in [0.1, 0.15) is 6.54 Å². The molecule has 8 heteroatoms. The Bertz CT molecular complexity index is 763. The van der Waals surface area contributed by atoms with Crippen LogP contribution in [-0.4, -0.2) is 41.5 Å². The van der Waals surface area contributed by atoms with E-state index in [1.165, 1.54) is 6.07 Å². The summed E-state index contributed by atoms with van der Waals surface area (Å²) >= 11 is 0. The number of alkyl halides is 3. The molecule has 2 aromatic rings. The van der Waals surface area contributed by atoms with E-state index in [0.29, 0.717) is 11.5 Å². The van der Waals surface area contributed by atoms with E-state index in [2.05, 4.69) is 10.4 Å². The van der Waals surface area contributed by atoms with Gasteiger partial charge in [0.2, 0.25) is 0 Å². The third kappa shape index (κ3) is 4.31. The van der Waals surface area contributed by atoms with E-state index in [1.807, 2.05) is 16.2 Å². The van der Waals surface area contributed by atoms with Gasteiger partial charge in [0.05, 0.1) is 5.52 Å². The van der Waals surface area contributed by atoms with Crippen LogP contribution in [0.4, 0.5) is 13.2 Å². The largest absolute Gasteiger partial charge is 0.405 e. The lowest BCUT2D eigenvalue weighted by molar-refractivity contribution is -0.123.